The van der Waals surface area contributed by atoms with Gasteiger partial charge in [0.05, 0.1) is 19.3 Å². The van der Waals surface area contributed by atoms with Gasteiger partial charge in [-0.1, -0.05) is 6.07 Å². The SMILES string of the molecule is CCn1nccc1CNC(=S)Nc1cccc(OC)c1. The zero-order valence-electron chi connectivity index (χ0n) is 11.6. The summed E-state index contributed by atoms with van der Waals surface area (Å²) in [5.41, 5.74) is 1.99. The Morgan fingerprint density at radius 2 is 2.25 bits per heavy atom. The topological polar surface area (TPSA) is 51.1 Å². The lowest BCUT2D eigenvalue weighted by Crippen LogP contribution is -2.28. The summed E-state index contributed by atoms with van der Waals surface area (Å²) in [5, 5.41) is 11.1. The first kappa shape index (κ1) is 14.3. The summed E-state index contributed by atoms with van der Waals surface area (Å²) in [6.45, 7) is 3.55. The Hall–Kier alpha value is -2.08. The maximum Gasteiger partial charge on any atom is 0.171 e. The fourth-order valence-electron chi connectivity index (χ4n) is 1.84. The molecule has 5 nitrogen and oxygen atoms in total. The highest BCUT2D eigenvalue weighted by Gasteiger charge is 2.03. The van der Waals surface area contributed by atoms with Gasteiger partial charge in [-0.15, -0.1) is 0 Å². The van der Waals surface area contributed by atoms with Crippen LogP contribution in [0.15, 0.2) is 36.5 Å². The van der Waals surface area contributed by atoms with Crippen molar-refractivity contribution in [3.05, 3.63) is 42.2 Å². The summed E-state index contributed by atoms with van der Waals surface area (Å²) < 4.78 is 7.10. The molecule has 106 valence electrons. The van der Waals surface area contributed by atoms with Crippen LogP contribution in [0, 0.1) is 0 Å². The number of hydrogen-bond donors (Lipinski definition) is 2. The normalized spacial score (nSPS) is 10.1. The number of ether oxygens (including phenoxy) is 1. The van der Waals surface area contributed by atoms with Crippen molar-refractivity contribution < 1.29 is 4.74 Å². The Balaban J connectivity index is 1.89. The third-order valence-corrected chi connectivity index (χ3v) is 3.11. The number of nitrogens with one attached hydrogen (secondary N) is 2. The van der Waals surface area contributed by atoms with Crippen LogP contribution in [0.25, 0.3) is 0 Å². The van der Waals surface area contributed by atoms with E-state index in [2.05, 4.69) is 22.7 Å². The second-order valence-electron chi connectivity index (χ2n) is 4.18. The van der Waals surface area contributed by atoms with Crippen molar-refractivity contribution in [1.82, 2.24) is 15.1 Å². The lowest BCUT2D eigenvalue weighted by Gasteiger charge is -2.12. The van der Waals surface area contributed by atoms with E-state index in [4.69, 9.17) is 17.0 Å². The van der Waals surface area contributed by atoms with Gasteiger partial charge < -0.3 is 15.4 Å². The Kier molecular flexibility index (Phi) is 4.95. The second kappa shape index (κ2) is 6.91. The Labute approximate surface area is 123 Å². The molecule has 0 unspecified atom stereocenters. The molecule has 0 spiro atoms. The number of nitrogens with zero attached hydrogens (tertiary/aromatic N) is 2. The quantitative estimate of drug-likeness (QED) is 0.828. The largest absolute Gasteiger partial charge is 0.497 e. The summed E-state index contributed by atoms with van der Waals surface area (Å²) >= 11 is 5.28. The fraction of sp³-hybridized carbons (Fsp3) is 0.286. The summed E-state index contributed by atoms with van der Waals surface area (Å²) in [7, 11) is 1.64. The molecule has 1 heterocycles. The van der Waals surface area contributed by atoms with E-state index in [1.54, 1.807) is 13.3 Å². The third kappa shape index (κ3) is 3.71. The molecule has 0 aliphatic heterocycles. The van der Waals surface area contributed by atoms with Crippen molar-refractivity contribution in [3.63, 3.8) is 0 Å². The van der Waals surface area contributed by atoms with Crippen molar-refractivity contribution >= 4 is 23.0 Å². The molecule has 6 heteroatoms. The lowest BCUT2D eigenvalue weighted by molar-refractivity contribution is 0.415. The number of anilines is 1. The van der Waals surface area contributed by atoms with Gasteiger partial charge in [0.2, 0.25) is 0 Å². The smallest absolute Gasteiger partial charge is 0.171 e. The van der Waals surface area contributed by atoms with E-state index in [0.717, 1.165) is 23.7 Å². The highest BCUT2D eigenvalue weighted by Crippen LogP contribution is 2.16. The van der Waals surface area contributed by atoms with Crippen LogP contribution in [0.5, 0.6) is 5.75 Å². The first-order valence-corrected chi connectivity index (χ1v) is 6.83. The van der Waals surface area contributed by atoms with Crippen LogP contribution in [-0.4, -0.2) is 22.0 Å². The van der Waals surface area contributed by atoms with Gasteiger partial charge in [-0.2, -0.15) is 5.10 Å². The molecule has 2 rings (SSSR count). The van der Waals surface area contributed by atoms with Gasteiger partial charge in [0, 0.05) is 24.5 Å². The predicted molar refractivity (Wildman–Crippen MR) is 84.0 cm³/mol. The average molecular weight is 290 g/mol. The zero-order chi connectivity index (χ0) is 14.4. The van der Waals surface area contributed by atoms with Crippen LogP contribution < -0.4 is 15.4 Å². The molecule has 20 heavy (non-hydrogen) atoms. The zero-order valence-corrected chi connectivity index (χ0v) is 12.4. The van der Waals surface area contributed by atoms with E-state index >= 15 is 0 Å². The number of aromatic nitrogens is 2. The maximum absolute atomic E-state index is 5.28. The van der Waals surface area contributed by atoms with E-state index in [-0.39, 0.29) is 0 Å². The molecular formula is C14H18N4OS. The number of aryl methyl sites for hydroxylation is 1. The molecule has 0 amide bonds. The van der Waals surface area contributed by atoms with Gasteiger partial charge in [-0.05, 0) is 37.3 Å². The third-order valence-electron chi connectivity index (χ3n) is 2.86. The van der Waals surface area contributed by atoms with Gasteiger partial charge in [0.25, 0.3) is 0 Å². The number of rotatable bonds is 5. The molecule has 0 saturated carbocycles. The number of thiocarbonyl (C=S) groups is 1. The van der Waals surface area contributed by atoms with Gasteiger partial charge in [-0.25, -0.2) is 0 Å². The number of methoxy groups -OCH3 is 1. The summed E-state index contributed by atoms with van der Waals surface area (Å²) in [4.78, 5) is 0. The van der Waals surface area contributed by atoms with Gasteiger partial charge in [0.15, 0.2) is 5.11 Å². The van der Waals surface area contributed by atoms with E-state index in [0.29, 0.717) is 11.7 Å². The molecule has 0 aliphatic rings. The summed E-state index contributed by atoms with van der Waals surface area (Å²) in [6, 6.07) is 9.61. The molecule has 0 aliphatic carbocycles. The molecule has 1 aromatic carbocycles. The van der Waals surface area contributed by atoms with Crippen molar-refractivity contribution in [1.29, 1.82) is 0 Å². The predicted octanol–water partition coefficient (Wildman–Crippen LogP) is 2.40. The molecule has 0 fully saturated rings. The fourth-order valence-corrected chi connectivity index (χ4v) is 2.03. The molecule has 2 N–H and O–H groups in total. The van der Waals surface area contributed by atoms with E-state index in [9.17, 15) is 0 Å². The first-order chi connectivity index (χ1) is 9.72. The summed E-state index contributed by atoms with van der Waals surface area (Å²) in [5.74, 6) is 0.793. The molecule has 0 radical (unpaired) electrons. The Morgan fingerprint density at radius 3 is 3.00 bits per heavy atom. The van der Waals surface area contributed by atoms with Gasteiger partial charge in [0.1, 0.15) is 5.75 Å². The summed E-state index contributed by atoms with van der Waals surface area (Å²) in [6.07, 6.45) is 1.79. The van der Waals surface area contributed by atoms with Crippen LogP contribution in [0.1, 0.15) is 12.6 Å². The molecular weight excluding hydrogens is 272 g/mol. The van der Waals surface area contributed by atoms with E-state index in [1.165, 1.54) is 0 Å². The number of hydrogen-bond acceptors (Lipinski definition) is 3. The van der Waals surface area contributed by atoms with Crippen molar-refractivity contribution in [3.8, 4) is 5.75 Å². The van der Waals surface area contributed by atoms with Gasteiger partial charge >= 0.3 is 0 Å². The molecule has 0 atom stereocenters. The molecule has 0 bridgehead atoms. The first-order valence-electron chi connectivity index (χ1n) is 6.42. The maximum atomic E-state index is 5.28. The average Bonchev–Trinajstić information content (AvgIpc) is 2.93. The van der Waals surface area contributed by atoms with E-state index in [1.807, 2.05) is 35.0 Å². The minimum absolute atomic E-state index is 0.571. The highest BCUT2D eigenvalue weighted by molar-refractivity contribution is 7.80. The van der Waals surface area contributed by atoms with Crippen LogP contribution >= 0.6 is 12.2 Å². The van der Waals surface area contributed by atoms with Crippen LogP contribution in [0.2, 0.25) is 0 Å². The Bertz CT molecular complexity index is 582. The number of benzene rings is 1. The van der Waals surface area contributed by atoms with Crippen LogP contribution in [0.3, 0.4) is 0 Å². The minimum atomic E-state index is 0.571. The highest BCUT2D eigenvalue weighted by atomic mass is 32.1. The van der Waals surface area contributed by atoms with Crippen molar-refractivity contribution in [2.45, 2.75) is 20.0 Å². The van der Waals surface area contributed by atoms with E-state index < -0.39 is 0 Å². The molecule has 1 aromatic heterocycles. The molecule has 0 saturated heterocycles. The standard InChI is InChI=1S/C14H18N4OS/c1-3-18-12(7-8-16-18)10-15-14(20)17-11-5-4-6-13(9-11)19-2/h4-9H,3,10H2,1-2H3,(H2,15,17,20). The van der Waals surface area contributed by atoms with Crippen LogP contribution in [0.4, 0.5) is 5.69 Å². The molecule has 2 aromatic rings. The Morgan fingerprint density at radius 1 is 1.40 bits per heavy atom. The van der Waals surface area contributed by atoms with Crippen molar-refractivity contribution in [2.24, 2.45) is 0 Å². The monoisotopic (exact) mass is 290 g/mol. The minimum Gasteiger partial charge on any atom is -0.497 e. The lowest BCUT2D eigenvalue weighted by atomic mass is 10.3. The van der Waals surface area contributed by atoms with Gasteiger partial charge in [-0.3, -0.25) is 4.68 Å². The van der Waals surface area contributed by atoms with Crippen LogP contribution in [-0.2, 0) is 13.1 Å². The van der Waals surface area contributed by atoms with Crippen molar-refractivity contribution in [2.75, 3.05) is 12.4 Å². The second-order valence-corrected chi connectivity index (χ2v) is 4.59.